The molecule has 3 atom stereocenters. The van der Waals surface area contributed by atoms with Gasteiger partial charge in [0.2, 0.25) is 5.91 Å². The summed E-state index contributed by atoms with van der Waals surface area (Å²) < 4.78 is 34.0. The molecule has 0 heterocycles. The molecule has 12 nitrogen and oxygen atoms in total. The van der Waals surface area contributed by atoms with Gasteiger partial charge in [-0.25, -0.2) is 9.59 Å². The molecule has 0 radical (unpaired) electrons. The standard InChI is InChI=1S/C24H29N3O4.C13H16N2O3.2CH4S/c1-4-30-23(28)16-31-21-10-6-9-19(13-21)12-20(15-25)27-24(29)22(26-3)14-18-8-5-7-17(2)11-18;1-2-17-13(16)9-18-12-5-3-4-10(7-12)6-11(15)8-14;2*1-2/h5-11,13,20,22,26H,4,12,14,16H2,1-3H3,(H,27,29);3-5,7,11H,2,6,9,15H2,1H3;2*2H,1H3/t20-,22-;11-;;/m00../s1/i2*1T;;. The van der Waals surface area contributed by atoms with E-state index >= 15 is 0 Å². The van der Waals surface area contributed by atoms with E-state index in [9.17, 15) is 19.6 Å². The number of hydrogen-bond acceptors (Lipinski definition) is 13. The van der Waals surface area contributed by atoms with E-state index in [2.05, 4.69) is 42.0 Å². The maximum atomic E-state index is 12.7. The number of esters is 2. The molecule has 0 aliphatic heterocycles. The highest BCUT2D eigenvalue weighted by atomic mass is 32.1. The molecule has 1 amide bonds. The van der Waals surface area contributed by atoms with Gasteiger partial charge in [-0.05, 0) is 87.7 Å². The Morgan fingerprint density at radius 2 is 1.26 bits per heavy atom. The number of likely N-dealkylation sites (N-methyl/N-ethyl adjacent to an activating group) is 1. The number of nitriles is 2. The summed E-state index contributed by atoms with van der Waals surface area (Å²) in [7, 11) is 1.72. The molecule has 0 saturated heterocycles. The molecule has 0 saturated carbocycles. The zero-order valence-electron chi connectivity index (χ0n) is 32.7. The number of amides is 1. The van der Waals surface area contributed by atoms with Crippen molar-refractivity contribution in [1.82, 2.24) is 10.6 Å². The van der Waals surface area contributed by atoms with E-state index in [4.69, 9.17) is 32.7 Å². The number of carbonyl (C=O) groups is 3. The van der Waals surface area contributed by atoms with Crippen LogP contribution < -0.4 is 25.8 Å². The summed E-state index contributed by atoms with van der Waals surface area (Å²) in [5, 5.41) is 24.0. The number of rotatable bonds is 17. The monoisotopic (exact) mass is 771 g/mol. The Balaban J connectivity index is 0.00000108. The number of hydrogen-bond donors (Lipinski definition) is 5. The van der Waals surface area contributed by atoms with Gasteiger partial charge in [-0.2, -0.15) is 35.8 Å². The van der Waals surface area contributed by atoms with E-state index in [-0.39, 0.29) is 46.1 Å². The average molecular weight is 772 g/mol. The van der Waals surface area contributed by atoms with Gasteiger partial charge in [0.15, 0.2) is 13.2 Å². The smallest absolute Gasteiger partial charge is 0.344 e. The van der Waals surface area contributed by atoms with Crippen LogP contribution in [0.3, 0.4) is 0 Å². The molecule has 3 rings (SSSR count). The van der Waals surface area contributed by atoms with Crippen molar-refractivity contribution in [2.75, 3.05) is 46.0 Å². The lowest BCUT2D eigenvalue weighted by Gasteiger charge is -2.19. The van der Waals surface area contributed by atoms with E-state index in [0.29, 0.717) is 30.8 Å². The fourth-order valence-electron chi connectivity index (χ4n) is 4.46. The summed E-state index contributed by atoms with van der Waals surface area (Å²) in [4.78, 5) is 35.5. The van der Waals surface area contributed by atoms with Gasteiger partial charge in [0.05, 0.1) is 37.4 Å². The maximum Gasteiger partial charge on any atom is 0.344 e. The summed E-state index contributed by atoms with van der Waals surface area (Å²) in [6, 6.07) is 24.4. The largest absolute Gasteiger partial charge is 0.482 e. The van der Waals surface area contributed by atoms with Crippen LogP contribution in [-0.4, -0.2) is 82.0 Å². The molecule has 3 aromatic rings. The average Bonchev–Trinajstić information content (AvgIpc) is 3.21. The molecule has 0 aromatic heterocycles. The van der Waals surface area contributed by atoms with Crippen LogP contribution >= 0.6 is 25.3 Å². The minimum absolute atomic E-state index is 0.00188. The van der Waals surface area contributed by atoms with Gasteiger partial charge in [0.25, 0.3) is 0 Å². The Bertz CT molecular complexity index is 1640. The van der Waals surface area contributed by atoms with Crippen LogP contribution in [0.1, 0.15) is 38.8 Å². The molecule has 4 N–H and O–H groups in total. The summed E-state index contributed by atoms with van der Waals surface area (Å²) in [5.74, 6) is -0.320. The molecule has 0 bridgehead atoms. The summed E-state index contributed by atoms with van der Waals surface area (Å²) in [5.41, 5.74) is 9.36. The molecule has 3 aromatic carbocycles. The van der Waals surface area contributed by atoms with Crippen molar-refractivity contribution in [3.05, 3.63) is 95.1 Å². The van der Waals surface area contributed by atoms with Crippen molar-refractivity contribution < 1.29 is 36.1 Å². The van der Waals surface area contributed by atoms with Crippen molar-refractivity contribution >= 4 is 43.1 Å². The molecule has 0 aliphatic rings. The van der Waals surface area contributed by atoms with Crippen LogP contribution in [0.15, 0.2) is 72.8 Å². The Labute approximate surface area is 328 Å². The molecule has 0 unspecified atom stereocenters. The van der Waals surface area contributed by atoms with Crippen LogP contribution in [-0.2, 0) is 43.1 Å². The number of nitrogens with zero attached hydrogens (tertiary/aromatic N) is 2. The predicted octanol–water partition coefficient (Wildman–Crippen LogP) is 4.43. The fourth-order valence-corrected chi connectivity index (χ4v) is 4.46. The van der Waals surface area contributed by atoms with E-state index in [0.717, 1.165) is 22.3 Å². The third kappa shape index (κ3) is 21.4. The molecule has 14 heteroatoms. The lowest BCUT2D eigenvalue weighted by molar-refractivity contribution is -0.146. The van der Waals surface area contributed by atoms with Crippen molar-refractivity contribution in [3.8, 4) is 23.6 Å². The van der Waals surface area contributed by atoms with Crippen LogP contribution in [0.5, 0.6) is 11.5 Å². The number of carbonyl (C=O) groups excluding carboxylic acids is 3. The third-order valence-corrected chi connectivity index (χ3v) is 6.76. The molecule has 0 aliphatic carbocycles. The van der Waals surface area contributed by atoms with Gasteiger partial charge in [0, 0.05) is 15.6 Å². The van der Waals surface area contributed by atoms with E-state index in [1.807, 2.05) is 49.4 Å². The summed E-state index contributed by atoms with van der Waals surface area (Å²) in [6.45, 7) is 1.68. The maximum absolute atomic E-state index is 12.7. The van der Waals surface area contributed by atoms with Gasteiger partial charge in [-0.1, -0.05) is 54.1 Å². The quantitative estimate of drug-likeness (QED) is 0.0966. The van der Waals surface area contributed by atoms with Crippen molar-refractivity contribution in [1.29, 1.82) is 10.5 Å². The van der Waals surface area contributed by atoms with Crippen LogP contribution in [0.2, 0.25) is 0 Å². The van der Waals surface area contributed by atoms with Crippen LogP contribution in [0.4, 0.5) is 0 Å². The molecular formula is C39H53N5O7S2. The summed E-state index contributed by atoms with van der Waals surface area (Å²) in [6.07, 6.45) is 4.63. The zero-order valence-corrected chi connectivity index (χ0v) is 32.5. The van der Waals surface area contributed by atoms with Gasteiger partial charge in [0.1, 0.15) is 17.5 Å². The Hall–Kier alpha value is -4.73. The number of thiol groups is 2. The first-order valence-corrected chi connectivity index (χ1v) is 18.2. The number of nitrogens with one attached hydrogen (secondary N) is 2. The van der Waals surface area contributed by atoms with Gasteiger partial charge < -0.3 is 35.3 Å². The lowest BCUT2D eigenvalue weighted by atomic mass is 10.0. The number of ether oxygens (including phenoxy) is 4. The second-order valence-corrected chi connectivity index (χ2v) is 10.7. The normalized spacial score (nSPS) is 11.8. The van der Waals surface area contributed by atoms with Gasteiger partial charge in [-0.15, -0.1) is 0 Å². The minimum atomic E-state index is -0.715. The van der Waals surface area contributed by atoms with E-state index in [1.54, 1.807) is 56.0 Å². The lowest BCUT2D eigenvalue weighted by Crippen LogP contribution is -2.48. The molecule has 0 spiro atoms. The first-order chi connectivity index (χ1) is 26.6. The fraction of sp³-hybridized carbons (Fsp3) is 0.410. The Kier molecular flexibility index (Phi) is 25.0. The highest BCUT2D eigenvalue weighted by Crippen LogP contribution is 2.16. The summed E-state index contributed by atoms with van der Waals surface area (Å²) >= 11 is 7.06. The number of benzene rings is 3. The molecule has 53 heavy (non-hydrogen) atoms. The highest BCUT2D eigenvalue weighted by molar-refractivity contribution is 7.79. The second kappa shape index (κ2) is 29.8. The van der Waals surface area contributed by atoms with Gasteiger partial charge >= 0.3 is 11.9 Å². The molecular weight excluding hydrogens is 715 g/mol. The van der Waals surface area contributed by atoms with Gasteiger partial charge in [-0.3, -0.25) is 4.79 Å². The molecule has 288 valence electrons. The highest BCUT2D eigenvalue weighted by Gasteiger charge is 2.21. The van der Waals surface area contributed by atoms with E-state index in [1.165, 1.54) is 0 Å². The SMILES string of the molecule is CS.CS.[3H]CCOC(=O)COc1cccc(C[C@@H](C#N)NC(=O)[C@H](Cc2cccc(C)c2)NC)c1.[3H]CCOC(=O)COc1cccc(C[C@H](N)C#N)c1. The van der Waals surface area contributed by atoms with Crippen LogP contribution in [0.25, 0.3) is 0 Å². The second-order valence-electron chi connectivity index (χ2n) is 10.7. The Morgan fingerprint density at radius 3 is 1.72 bits per heavy atom. The van der Waals surface area contributed by atoms with E-state index < -0.39 is 30.1 Å². The number of aryl methyl sites for hydroxylation is 1. The molecule has 0 fully saturated rings. The van der Waals surface area contributed by atoms with Crippen molar-refractivity contribution in [2.24, 2.45) is 5.73 Å². The Morgan fingerprint density at radius 1 is 0.774 bits per heavy atom. The number of nitrogens with two attached hydrogens (primary N) is 1. The van der Waals surface area contributed by atoms with Crippen molar-refractivity contribution in [2.45, 2.75) is 58.1 Å². The first-order valence-electron chi connectivity index (χ1n) is 17.8. The predicted molar refractivity (Wildman–Crippen MR) is 213 cm³/mol. The van der Waals surface area contributed by atoms with Crippen molar-refractivity contribution in [3.63, 3.8) is 0 Å². The third-order valence-electron chi connectivity index (χ3n) is 6.76. The van der Waals surface area contributed by atoms with Crippen LogP contribution in [0, 0.1) is 29.6 Å². The minimum Gasteiger partial charge on any atom is -0.482 e. The topological polar surface area (TPSA) is 186 Å². The first kappa shape index (κ1) is 44.4. The zero-order chi connectivity index (χ0) is 41.4.